The molecule has 0 saturated carbocycles. The van der Waals surface area contributed by atoms with Crippen LogP contribution >= 0.6 is 11.8 Å². The Labute approximate surface area is 158 Å². The molecule has 0 amide bonds. The van der Waals surface area contributed by atoms with E-state index in [-0.39, 0.29) is 11.0 Å². The van der Waals surface area contributed by atoms with Gasteiger partial charge in [-0.15, -0.1) is 10.2 Å². The van der Waals surface area contributed by atoms with Crippen molar-refractivity contribution >= 4 is 17.5 Å². The van der Waals surface area contributed by atoms with E-state index < -0.39 is 0 Å². The van der Waals surface area contributed by atoms with Crippen molar-refractivity contribution in [3.8, 4) is 5.69 Å². The van der Waals surface area contributed by atoms with E-state index in [1.807, 2.05) is 61.7 Å². The number of aromatic nitrogens is 3. The van der Waals surface area contributed by atoms with E-state index >= 15 is 0 Å². The highest BCUT2D eigenvalue weighted by Crippen LogP contribution is 2.28. The second-order valence-electron chi connectivity index (χ2n) is 6.58. The average molecular weight is 366 g/mol. The SMILES string of the molecule is Cc1ccc(C(=O)C(C)Sc2nnc(C)n2-c2ccccc2C)cc1C. The summed E-state index contributed by atoms with van der Waals surface area (Å²) in [4.78, 5) is 12.9. The van der Waals surface area contributed by atoms with E-state index in [0.29, 0.717) is 0 Å². The lowest BCUT2D eigenvalue weighted by atomic mass is 10.0. The smallest absolute Gasteiger partial charge is 0.196 e. The number of Topliss-reactive ketones (excluding diaryl/α,β-unsaturated/α-hetero) is 1. The van der Waals surface area contributed by atoms with Crippen LogP contribution in [0.15, 0.2) is 47.6 Å². The van der Waals surface area contributed by atoms with Gasteiger partial charge in [0.2, 0.25) is 0 Å². The number of carbonyl (C=O) groups is 1. The third kappa shape index (κ3) is 3.58. The predicted molar refractivity (Wildman–Crippen MR) is 106 cm³/mol. The molecule has 1 heterocycles. The minimum Gasteiger partial charge on any atom is -0.293 e. The van der Waals surface area contributed by atoms with E-state index in [2.05, 4.69) is 30.1 Å². The first-order valence-electron chi connectivity index (χ1n) is 8.64. The summed E-state index contributed by atoms with van der Waals surface area (Å²) in [6.07, 6.45) is 0. The first-order chi connectivity index (χ1) is 12.4. The van der Waals surface area contributed by atoms with Crippen LogP contribution in [0.2, 0.25) is 0 Å². The minimum absolute atomic E-state index is 0.107. The van der Waals surface area contributed by atoms with E-state index in [0.717, 1.165) is 33.4 Å². The fraction of sp³-hybridized carbons (Fsp3) is 0.286. The molecule has 1 atom stereocenters. The Balaban J connectivity index is 1.89. The number of hydrogen-bond donors (Lipinski definition) is 0. The zero-order valence-electron chi connectivity index (χ0n) is 15.8. The molecule has 2 aromatic carbocycles. The van der Waals surface area contributed by atoms with Gasteiger partial charge in [-0.1, -0.05) is 42.1 Å². The molecule has 0 fully saturated rings. The lowest BCUT2D eigenvalue weighted by Crippen LogP contribution is -2.15. The van der Waals surface area contributed by atoms with Gasteiger partial charge in [-0.25, -0.2) is 0 Å². The predicted octanol–water partition coefficient (Wildman–Crippen LogP) is 4.86. The maximum absolute atomic E-state index is 12.9. The van der Waals surface area contributed by atoms with E-state index in [4.69, 9.17) is 0 Å². The van der Waals surface area contributed by atoms with Crippen molar-refractivity contribution in [2.45, 2.75) is 45.0 Å². The third-order valence-corrected chi connectivity index (χ3v) is 5.64. The Morgan fingerprint density at radius 1 is 0.962 bits per heavy atom. The van der Waals surface area contributed by atoms with Crippen LogP contribution in [-0.4, -0.2) is 25.8 Å². The maximum Gasteiger partial charge on any atom is 0.196 e. The van der Waals surface area contributed by atoms with Gasteiger partial charge in [0, 0.05) is 5.56 Å². The molecule has 134 valence electrons. The van der Waals surface area contributed by atoms with Gasteiger partial charge in [0.15, 0.2) is 10.9 Å². The Kier molecular flexibility index (Phi) is 5.28. The van der Waals surface area contributed by atoms with Gasteiger partial charge in [-0.05, 0) is 63.4 Å². The second-order valence-corrected chi connectivity index (χ2v) is 7.88. The molecule has 1 unspecified atom stereocenters. The number of thioether (sulfide) groups is 1. The fourth-order valence-corrected chi connectivity index (χ4v) is 3.84. The number of carbonyl (C=O) groups excluding carboxylic acids is 1. The highest BCUT2D eigenvalue weighted by molar-refractivity contribution is 8.00. The summed E-state index contributed by atoms with van der Waals surface area (Å²) >= 11 is 1.45. The molecule has 0 aliphatic rings. The molecule has 4 nitrogen and oxygen atoms in total. The minimum atomic E-state index is -0.247. The molecule has 3 aromatic rings. The monoisotopic (exact) mass is 365 g/mol. The highest BCUT2D eigenvalue weighted by Gasteiger charge is 2.21. The molecule has 0 N–H and O–H groups in total. The molecular weight excluding hydrogens is 342 g/mol. The van der Waals surface area contributed by atoms with Crippen molar-refractivity contribution in [1.29, 1.82) is 0 Å². The molecular formula is C21H23N3OS. The van der Waals surface area contributed by atoms with Crippen LogP contribution in [0.1, 0.15) is 39.8 Å². The third-order valence-electron chi connectivity index (χ3n) is 4.59. The van der Waals surface area contributed by atoms with Crippen LogP contribution < -0.4 is 0 Å². The summed E-state index contributed by atoms with van der Waals surface area (Å²) in [5.41, 5.74) is 5.25. The van der Waals surface area contributed by atoms with Crippen molar-refractivity contribution < 1.29 is 4.79 Å². The van der Waals surface area contributed by atoms with Gasteiger partial charge in [0.25, 0.3) is 0 Å². The van der Waals surface area contributed by atoms with Gasteiger partial charge in [0.05, 0.1) is 10.9 Å². The molecule has 0 aliphatic heterocycles. The molecule has 3 rings (SSSR count). The molecule has 0 saturated heterocycles. The van der Waals surface area contributed by atoms with Crippen LogP contribution in [0.4, 0.5) is 0 Å². The lowest BCUT2D eigenvalue weighted by Gasteiger charge is -2.14. The number of ketones is 1. The summed E-state index contributed by atoms with van der Waals surface area (Å²) in [7, 11) is 0. The van der Waals surface area contributed by atoms with Crippen LogP contribution in [0.5, 0.6) is 0 Å². The van der Waals surface area contributed by atoms with Gasteiger partial charge in [-0.3, -0.25) is 9.36 Å². The molecule has 1 aromatic heterocycles. The number of benzene rings is 2. The van der Waals surface area contributed by atoms with Crippen molar-refractivity contribution in [2.24, 2.45) is 0 Å². The van der Waals surface area contributed by atoms with Gasteiger partial charge < -0.3 is 0 Å². The molecule has 5 heteroatoms. The Bertz CT molecular complexity index is 962. The largest absolute Gasteiger partial charge is 0.293 e. The van der Waals surface area contributed by atoms with Crippen molar-refractivity contribution in [3.05, 3.63) is 70.5 Å². The zero-order valence-corrected chi connectivity index (χ0v) is 16.6. The quantitative estimate of drug-likeness (QED) is 0.478. The van der Waals surface area contributed by atoms with E-state index in [9.17, 15) is 4.79 Å². The van der Waals surface area contributed by atoms with E-state index in [1.54, 1.807) is 0 Å². The van der Waals surface area contributed by atoms with E-state index in [1.165, 1.54) is 17.3 Å². The van der Waals surface area contributed by atoms with Crippen LogP contribution in [0, 0.1) is 27.7 Å². The van der Waals surface area contributed by atoms with Crippen LogP contribution in [0.25, 0.3) is 5.69 Å². The van der Waals surface area contributed by atoms with Gasteiger partial charge >= 0.3 is 0 Å². The number of hydrogen-bond acceptors (Lipinski definition) is 4. The molecule has 0 radical (unpaired) electrons. The first-order valence-corrected chi connectivity index (χ1v) is 9.52. The second kappa shape index (κ2) is 7.46. The zero-order chi connectivity index (χ0) is 18.8. The molecule has 0 aliphatic carbocycles. The molecule has 26 heavy (non-hydrogen) atoms. The number of aryl methyl sites for hydroxylation is 4. The summed E-state index contributed by atoms with van der Waals surface area (Å²) in [6, 6.07) is 14.0. The van der Waals surface area contributed by atoms with Crippen molar-refractivity contribution in [3.63, 3.8) is 0 Å². The Morgan fingerprint density at radius 2 is 1.69 bits per heavy atom. The van der Waals surface area contributed by atoms with Crippen LogP contribution in [0.3, 0.4) is 0 Å². The number of para-hydroxylation sites is 1. The average Bonchev–Trinajstić information content (AvgIpc) is 2.97. The molecule has 0 spiro atoms. The topological polar surface area (TPSA) is 47.8 Å². The van der Waals surface area contributed by atoms with Gasteiger partial charge in [0.1, 0.15) is 5.82 Å². The molecule has 0 bridgehead atoms. The van der Waals surface area contributed by atoms with Crippen molar-refractivity contribution in [2.75, 3.05) is 0 Å². The Morgan fingerprint density at radius 3 is 2.38 bits per heavy atom. The highest BCUT2D eigenvalue weighted by atomic mass is 32.2. The summed E-state index contributed by atoms with van der Waals surface area (Å²) < 4.78 is 2.02. The fourth-order valence-electron chi connectivity index (χ4n) is 2.85. The number of rotatable bonds is 5. The first kappa shape index (κ1) is 18.4. The standard InChI is InChI=1S/C21H23N3OS/c1-13-10-11-18(12-15(13)3)20(25)16(4)26-21-23-22-17(5)24(21)19-9-7-6-8-14(19)2/h6-12,16H,1-5H3. The maximum atomic E-state index is 12.9. The van der Waals surface area contributed by atoms with Gasteiger partial charge in [-0.2, -0.15) is 0 Å². The Hall–Kier alpha value is -2.40. The summed E-state index contributed by atoms with van der Waals surface area (Å²) in [6.45, 7) is 10.00. The number of nitrogens with zero attached hydrogens (tertiary/aromatic N) is 3. The van der Waals surface area contributed by atoms with Crippen molar-refractivity contribution in [1.82, 2.24) is 14.8 Å². The normalized spacial score (nSPS) is 12.2. The summed E-state index contributed by atoms with van der Waals surface area (Å²) in [5.74, 6) is 0.919. The summed E-state index contributed by atoms with van der Waals surface area (Å²) in [5, 5.41) is 9.02. The lowest BCUT2D eigenvalue weighted by molar-refractivity contribution is 0.0993. The van der Waals surface area contributed by atoms with Crippen LogP contribution in [-0.2, 0) is 0 Å².